The van der Waals surface area contributed by atoms with E-state index in [1.807, 2.05) is 29.4 Å². The Kier molecular flexibility index (Phi) is 5.73. The molecule has 0 aromatic carbocycles. The molecule has 2 aromatic rings. The highest BCUT2D eigenvalue weighted by atomic mass is 32.2. The van der Waals surface area contributed by atoms with E-state index in [0.717, 1.165) is 30.3 Å². The highest BCUT2D eigenvalue weighted by molar-refractivity contribution is 7.99. The summed E-state index contributed by atoms with van der Waals surface area (Å²) >= 11 is 1.12. The predicted octanol–water partition coefficient (Wildman–Crippen LogP) is 1.89. The van der Waals surface area contributed by atoms with Crippen LogP contribution in [0.15, 0.2) is 32.9 Å². The minimum absolute atomic E-state index is 0.0215. The van der Waals surface area contributed by atoms with Crippen LogP contribution in [0, 0.1) is 5.92 Å². The summed E-state index contributed by atoms with van der Waals surface area (Å²) in [5.41, 5.74) is 0.945. The zero-order valence-corrected chi connectivity index (χ0v) is 17.9. The third-order valence-corrected chi connectivity index (χ3v) is 7.04. The highest BCUT2D eigenvalue weighted by Crippen LogP contribution is 2.35. The van der Waals surface area contributed by atoms with Gasteiger partial charge in [-0.2, -0.15) is 4.98 Å². The van der Waals surface area contributed by atoms with Gasteiger partial charge in [-0.1, -0.05) is 31.7 Å². The van der Waals surface area contributed by atoms with E-state index in [4.69, 9.17) is 0 Å². The first-order valence-electron chi connectivity index (χ1n) is 10.3. The molecule has 9 heteroatoms. The summed E-state index contributed by atoms with van der Waals surface area (Å²) < 4.78 is 1.84. The second kappa shape index (κ2) is 8.29. The lowest BCUT2D eigenvalue weighted by Gasteiger charge is -2.42. The van der Waals surface area contributed by atoms with Crippen molar-refractivity contribution in [1.82, 2.24) is 19.4 Å². The number of aromatic amines is 1. The fourth-order valence-electron chi connectivity index (χ4n) is 4.49. The van der Waals surface area contributed by atoms with E-state index in [2.05, 4.69) is 9.97 Å². The quantitative estimate of drug-likeness (QED) is 0.554. The summed E-state index contributed by atoms with van der Waals surface area (Å²) in [7, 11) is 0. The molecule has 1 unspecified atom stereocenters. The second-order valence-corrected chi connectivity index (χ2v) is 9.17. The van der Waals surface area contributed by atoms with Crippen LogP contribution >= 0.6 is 11.8 Å². The minimum atomic E-state index is -0.360. The molecule has 160 valence electrons. The molecule has 30 heavy (non-hydrogen) atoms. The molecule has 4 heterocycles. The zero-order valence-electron chi connectivity index (χ0n) is 17.1. The van der Waals surface area contributed by atoms with Crippen molar-refractivity contribution in [2.45, 2.75) is 50.2 Å². The van der Waals surface area contributed by atoms with Crippen molar-refractivity contribution in [3.8, 4) is 5.88 Å². The maximum Gasteiger partial charge on any atom is 0.258 e. The zero-order chi connectivity index (χ0) is 21.4. The maximum absolute atomic E-state index is 12.8. The minimum Gasteiger partial charge on any atom is -0.493 e. The first-order valence-corrected chi connectivity index (χ1v) is 11.3. The first-order chi connectivity index (χ1) is 14.4. The number of aromatic nitrogens is 3. The lowest BCUT2D eigenvalue weighted by atomic mass is 9.83. The van der Waals surface area contributed by atoms with Gasteiger partial charge in [0.25, 0.3) is 11.1 Å². The first kappa shape index (κ1) is 20.7. The van der Waals surface area contributed by atoms with Crippen LogP contribution in [0.1, 0.15) is 49.8 Å². The number of carbonyl (C=O) groups is 1. The number of nitrogens with zero attached hydrogens (tertiary/aromatic N) is 3. The third kappa shape index (κ3) is 3.90. The summed E-state index contributed by atoms with van der Waals surface area (Å²) in [4.78, 5) is 45.8. The Balaban J connectivity index is 1.43. The summed E-state index contributed by atoms with van der Waals surface area (Å²) in [5.74, 6) is 0.169. The van der Waals surface area contributed by atoms with Crippen LogP contribution in [-0.2, 0) is 11.3 Å². The number of amides is 1. The van der Waals surface area contributed by atoms with E-state index >= 15 is 0 Å². The van der Waals surface area contributed by atoms with Crippen LogP contribution in [0.3, 0.4) is 0 Å². The number of fused-ring (bicyclic) bond motifs is 4. The monoisotopic (exact) mass is 430 g/mol. The number of likely N-dealkylation sites (tertiary alicyclic amines) is 1. The summed E-state index contributed by atoms with van der Waals surface area (Å²) in [6, 6.07) is 5.34. The van der Waals surface area contributed by atoms with E-state index in [0.29, 0.717) is 19.6 Å². The van der Waals surface area contributed by atoms with Crippen molar-refractivity contribution in [3.63, 3.8) is 0 Å². The molecule has 3 atom stereocenters. The number of piperidine rings is 1. The number of thioether (sulfide) groups is 1. The Labute approximate surface area is 178 Å². The Bertz CT molecular complexity index is 1080. The van der Waals surface area contributed by atoms with Crippen molar-refractivity contribution in [2.24, 2.45) is 5.92 Å². The smallest absolute Gasteiger partial charge is 0.258 e. The second-order valence-electron chi connectivity index (χ2n) is 8.20. The third-order valence-electron chi connectivity index (χ3n) is 6.18. The molecule has 1 fully saturated rings. The number of rotatable bonds is 5. The lowest BCUT2D eigenvalue weighted by molar-refractivity contribution is -0.131. The average Bonchev–Trinajstić information content (AvgIpc) is 2.72. The van der Waals surface area contributed by atoms with Crippen molar-refractivity contribution < 1.29 is 9.90 Å². The van der Waals surface area contributed by atoms with Crippen LogP contribution in [0.5, 0.6) is 5.88 Å². The molecule has 1 saturated heterocycles. The molecule has 2 aliphatic rings. The molecule has 4 rings (SSSR count). The molecule has 2 N–H and O–H groups in total. The van der Waals surface area contributed by atoms with E-state index < -0.39 is 0 Å². The molecule has 0 spiro atoms. The summed E-state index contributed by atoms with van der Waals surface area (Å²) in [6.07, 6.45) is 1.70. The van der Waals surface area contributed by atoms with E-state index in [-0.39, 0.29) is 57.1 Å². The van der Waals surface area contributed by atoms with Crippen molar-refractivity contribution in [2.75, 3.05) is 18.8 Å². The van der Waals surface area contributed by atoms with Gasteiger partial charge in [0, 0.05) is 37.3 Å². The number of hydrogen-bond donors (Lipinski definition) is 2. The Morgan fingerprint density at radius 1 is 1.33 bits per heavy atom. The lowest BCUT2D eigenvalue weighted by Crippen LogP contribution is -2.49. The van der Waals surface area contributed by atoms with Crippen LogP contribution in [-0.4, -0.2) is 49.3 Å². The van der Waals surface area contributed by atoms with E-state index in [1.54, 1.807) is 12.1 Å². The Morgan fingerprint density at radius 2 is 2.13 bits per heavy atom. The Hall–Kier alpha value is -2.55. The average molecular weight is 431 g/mol. The van der Waals surface area contributed by atoms with Gasteiger partial charge in [-0.05, 0) is 30.7 Å². The molecular formula is C21H26N4O4S. The van der Waals surface area contributed by atoms with Gasteiger partial charge in [0.2, 0.25) is 11.8 Å². The molecule has 0 saturated carbocycles. The van der Waals surface area contributed by atoms with Crippen molar-refractivity contribution in [1.29, 1.82) is 0 Å². The molecule has 1 amide bonds. The van der Waals surface area contributed by atoms with Crippen LogP contribution in [0.25, 0.3) is 0 Å². The highest BCUT2D eigenvalue weighted by Gasteiger charge is 2.36. The fourth-order valence-corrected chi connectivity index (χ4v) is 5.25. The van der Waals surface area contributed by atoms with Gasteiger partial charge in [0.1, 0.15) is 0 Å². The van der Waals surface area contributed by atoms with Gasteiger partial charge in [0.05, 0.1) is 11.3 Å². The molecule has 8 nitrogen and oxygen atoms in total. The van der Waals surface area contributed by atoms with Crippen molar-refractivity contribution >= 4 is 17.7 Å². The summed E-state index contributed by atoms with van der Waals surface area (Å²) in [6.45, 7) is 5.65. The Morgan fingerprint density at radius 3 is 2.87 bits per heavy atom. The number of aromatic hydroxyl groups is 1. The van der Waals surface area contributed by atoms with Gasteiger partial charge in [-0.15, -0.1) is 0 Å². The predicted molar refractivity (Wildman–Crippen MR) is 114 cm³/mol. The molecular weight excluding hydrogens is 404 g/mol. The number of H-pyrrole nitrogens is 1. The van der Waals surface area contributed by atoms with Crippen LogP contribution in [0.4, 0.5) is 0 Å². The fraction of sp³-hybridized carbons (Fsp3) is 0.524. The van der Waals surface area contributed by atoms with Gasteiger partial charge in [0.15, 0.2) is 5.16 Å². The topological polar surface area (TPSA) is 108 Å². The van der Waals surface area contributed by atoms with Crippen LogP contribution in [0.2, 0.25) is 0 Å². The maximum atomic E-state index is 12.8. The number of nitrogens with one attached hydrogen (secondary N) is 1. The molecule has 2 bridgehead atoms. The van der Waals surface area contributed by atoms with Gasteiger partial charge >= 0.3 is 0 Å². The molecule has 2 aliphatic heterocycles. The molecule has 0 aliphatic carbocycles. The standard InChI is InChI=1S/C21H26N4O4S/c1-3-12(2)18-19(28)22-21(23-20(18)29)30-11-17(27)24-8-13-7-14(10-24)15-5-4-6-16(26)25(15)9-13/h4-6,12-14H,3,7-11H2,1-2H3,(H2,22,23,28,29)/t12?,13-,14-/m0/s1. The van der Waals surface area contributed by atoms with Crippen LogP contribution < -0.4 is 11.1 Å². The van der Waals surface area contributed by atoms with Gasteiger partial charge in [-0.3, -0.25) is 14.4 Å². The number of pyridine rings is 1. The van der Waals surface area contributed by atoms with Crippen molar-refractivity contribution in [3.05, 3.63) is 50.2 Å². The normalized spacial score (nSPS) is 21.2. The van der Waals surface area contributed by atoms with Gasteiger partial charge in [-0.25, -0.2) is 0 Å². The largest absolute Gasteiger partial charge is 0.493 e. The summed E-state index contributed by atoms with van der Waals surface area (Å²) in [5, 5.41) is 10.4. The molecule has 0 radical (unpaired) electrons. The number of carbonyl (C=O) groups excluding carboxylic acids is 1. The number of hydrogen-bond acceptors (Lipinski definition) is 6. The molecule has 2 aromatic heterocycles. The van der Waals surface area contributed by atoms with Gasteiger partial charge < -0.3 is 19.6 Å². The SMILES string of the molecule is CCC(C)c1c(O)nc(SCC(=O)N2C[C@@H]3C[C@@H](C2)c2cccc(=O)n2C3)[nH]c1=O. The van der Waals surface area contributed by atoms with E-state index in [1.165, 1.54) is 0 Å². The van der Waals surface area contributed by atoms with E-state index in [9.17, 15) is 19.5 Å².